The van der Waals surface area contributed by atoms with Crippen LogP contribution >= 0.6 is 0 Å². The van der Waals surface area contributed by atoms with Crippen LogP contribution in [-0.4, -0.2) is 92.1 Å². The Kier molecular flexibility index (Phi) is 5.28. The topological polar surface area (TPSA) is 181 Å². The summed E-state index contributed by atoms with van der Waals surface area (Å²) in [5.74, 6) is -3.08. The highest BCUT2D eigenvalue weighted by Gasteiger charge is 2.63. The first-order chi connectivity index (χ1) is 14.2. The van der Waals surface area contributed by atoms with Gasteiger partial charge in [-0.3, -0.25) is 19.1 Å². The fraction of sp³-hybridized carbons (Fsp3) is 0.667. The highest BCUT2D eigenvalue weighted by molar-refractivity contribution is 7.93. The fourth-order valence-corrected chi connectivity index (χ4v) is 6.53. The van der Waals surface area contributed by atoms with Crippen LogP contribution in [0.4, 0.5) is 0 Å². The number of aromatic nitrogens is 3. The second-order valence-electron chi connectivity index (χ2n) is 7.60. The van der Waals surface area contributed by atoms with Crippen LogP contribution in [0.2, 0.25) is 0 Å². The van der Waals surface area contributed by atoms with E-state index in [1.807, 2.05) is 0 Å². The van der Waals surface area contributed by atoms with E-state index in [0.717, 1.165) is 4.90 Å². The Hall–Kier alpha value is -2.52. The van der Waals surface area contributed by atoms with Crippen molar-refractivity contribution in [2.75, 3.05) is 0 Å². The van der Waals surface area contributed by atoms with Crippen LogP contribution in [0, 0.1) is 0 Å². The lowest BCUT2D eigenvalue weighted by molar-refractivity contribution is -0.149. The average Bonchev–Trinajstić information content (AvgIpc) is 3.22. The van der Waals surface area contributed by atoms with Crippen molar-refractivity contribution in [3.63, 3.8) is 0 Å². The van der Waals surface area contributed by atoms with E-state index in [0.29, 0.717) is 6.42 Å². The van der Waals surface area contributed by atoms with Gasteiger partial charge in [-0.1, -0.05) is 5.21 Å². The number of nitrogens with one attached hydrogen (secondary N) is 1. The predicted octanol–water partition coefficient (Wildman–Crippen LogP) is -2.84. The van der Waals surface area contributed by atoms with Gasteiger partial charge < -0.3 is 25.0 Å². The van der Waals surface area contributed by atoms with E-state index in [9.17, 15) is 27.8 Å². The Morgan fingerprint density at radius 2 is 2.13 bits per heavy atom. The number of carbonyl (C=O) groups excluding carboxylic acids is 2. The second-order valence-corrected chi connectivity index (χ2v) is 9.92. The lowest BCUT2D eigenvalue weighted by atomic mass is 9.72. The summed E-state index contributed by atoms with van der Waals surface area (Å²) in [7, 11) is -5.25. The van der Waals surface area contributed by atoms with Crippen LogP contribution in [0.5, 0.6) is 0 Å². The van der Waals surface area contributed by atoms with Gasteiger partial charge in [0.25, 0.3) is 0 Å². The molecule has 4 rings (SSSR count). The minimum absolute atomic E-state index is 0.148. The normalized spacial score (nSPS) is 32.4. The summed E-state index contributed by atoms with van der Waals surface area (Å²) in [6, 6.07) is -1.27. The molecule has 3 aliphatic rings. The molecule has 3 aliphatic heterocycles. The van der Waals surface area contributed by atoms with Gasteiger partial charge in [-0.15, -0.1) is 5.10 Å². The number of β-lactam (4-membered cyclic amide) rings is 1. The number of sulfone groups is 1. The number of hydrogen-bond acceptors (Lipinski definition) is 9. The zero-order valence-electron chi connectivity index (χ0n) is 15.7. The summed E-state index contributed by atoms with van der Waals surface area (Å²) < 4.78 is 32.3. The van der Waals surface area contributed by atoms with Crippen LogP contribution in [0.1, 0.15) is 25.7 Å². The molecule has 0 aliphatic carbocycles. The molecule has 1 aromatic heterocycles. The van der Waals surface area contributed by atoms with Gasteiger partial charge in [-0.2, -0.15) is 0 Å². The van der Waals surface area contributed by atoms with Crippen molar-refractivity contribution in [3.05, 3.63) is 12.4 Å². The van der Waals surface area contributed by atoms with E-state index in [-0.39, 0.29) is 25.8 Å². The monoisotopic (exact) mass is 441 g/mol. The van der Waals surface area contributed by atoms with Crippen molar-refractivity contribution in [1.29, 1.82) is 0 Å². The molecule has 0 saturated carbocycles. The Labute approximate surface area is 171 Å². The SMILES string of the molecule is O=C(O)C[C@@H]1CC[C@H](NC(=O)[C@H]2[C@H](Cn3ccnn3)S(=O)(=O)[C@@H]3CC(=O)N32)B(O)O1. The van der Waals surface area contributed by atoms with Crippen molar-refractivity contribution in [2.45, 2.75) is 60.9 Å². The molecular formula is C15H20BN5O8S. The smallest absolute Gasteiger partial charge is 0.478 e. The third-order valence-electron chi connectivity index (χ3n) is 5.71. The maximum absolute atomic E-state index is 13.0. The second kappa shape index (κ2) is 7.63. The van der Waals surface area contributed by atoms with E-state index in [1.54, 1.807) is 0 Å². The molecule has 3 fully saturated rings. The van der Waals surface area contributed by atoms with Gasteiger partial charge in [0.2, 0.25) is 11.8 Å². The Morgan fingerprint density at radius 3 is 2.73 bits per heavy atom. The number of nitrogens with zero attached hydrogens (tertiary/aromatic N) is 4. The third kappa shape index (κ3) is 3.56. The largest absolute Gasteiger partial charge is 0.481 e. The highest BCUT2D eigenvalue weighted by Crippen LogP contribution is 2.40. The summed E-state index contributed by atoms with van der Waals surface area (Å²) in [5.41, 5.74) is 0. The van der Waals surface area contributed by atoms with Crippen LogP contribution in [-0.2, 0) is 35.4 Å². The maximum Gasteiger partial charge on any atom is 0.478 e. The van der Waals surface area contributed by atoms with Gasteiger partial charge >= 0.3 is 13.1 Å². The average molecular weight is 441 g/mol. The summed E-state index contributed by atoms with van der Waals surface area (Å²) in [5, 5.41) is 26.7. The van der Waals surface area contributed by atoms with Crippen LogP contribution in [0.15, 0.2) is 12.4 Å². The van der Waals surface area contributed by atoms with Crippen molar-refractivity contribution in [3.8, 4) is 0 Å². The first-order valence-electron chi connectivity index (χ1n) is 9.42. The standard InChI is InChI=1S/C15H20BN5O8S/c22-11-6-12-21(11)14(9(30(12,27)28)7-20-4-3-17-19-20)15(25)18-10-2-1-8(5-13(23)24)29-16(10)26/h3-4,8-10,12,14,26H,1-2,5-7H2,(H,18,25)(H,23,24)/t8-,9-,10-,12+,14+/m0/s1. The third-order valence-corrected chi connectivity index (χ3v) is 8.12. The number of carbonyl (C=O) groups is 3. The fourth-order valence-electron chi connectivity index (χ4n) is 4.21. The molecule has 3 saturated heterocycles. The number of carboxylic acids is 1. The molecule has 1 aromatic rings. The molecule has 0 spiro atoms. The highest BCUT2D eigenvalue weighted by atomic mass is 32.2. The lowest BCUT2D eigenvalue weighted by Gasteiger charge is -2.37. The van der Waals surface area contributed by atoms with E-state index in [2.05, 4.69) is 15.6 Å². The van der Waals surface area contributed by atoms with Gasteiger partial charge in [-0.25, -0.2) is 8.42 Å². The molecule has 13 nitrogen and oxygen atoms in total. The maximum atomic E-state index is 13.0. The molecule has 4 heterocycles. The van der Waals surface area contributed by atoms with Gasteiger partial charge in [0.05, 0.1) is 37.6 Å². The molecule has 15 heteroatoms. The number of hydrogen-bond donors (Lipinski definition) is 3. The molecule has 2 amide bonds. The van der Waals surface area contributed by atoms with Crippen LogP contribution < -0.4 is 5.32 Å². The zero-order valence-corrected chi connectivity index (χ0v) is 16.5. The van der Waals surface area contributed by atoms with E-state index in [1.165, 1.54) is 17.1 Å². The number of carboxylic acid groups (broad SMARTS) is 1. The van der Waals surface area contributed by atoms with Crippen molar-refractivity contribution in [2.24, 2.45) is 0 Å². The van der Waals surface area contributed by atoms with E-state index < -0.39 is 63.5 Å². The van der Waals surface area contributed by atoms with Gasteiger partial charge in [0, 0.05) is 6.20 Å². The molecular weight excluding hydrogens is 421 g/mol. The first kappa shape index (κ1) is 20.7. The van der Waals surface area contributed by atoms with Gasteiger partial charge in [-0.05, 0) is 12.8 Å². The molecule has 30 heavy (non-hydrogen) atoms. The summed E-state index contributed by atoms with van der Waals surface area (Å²) in [6.45, 7) is -0.148. The summed E-state index contributed by atoms with van der Waals surface area (Å²) >= 11 is 0. The number of fused-ring (bicyclic) bond motifs is 1. The molecule has 162 valence electrons. The predicted molar refractivity (Wildman–Crippen MR) is 98.0 cm³/mol. The van der Waals surface area contributed by atoms with E-state index >= 15 is 0 Å². The first-order valence-corrected chi connectivity index (χ1v) is 11.0. The van der Waals surface area contributed by atoms with Crippen molar-refractivity contribution in [1.82, 2.24) is 25.2 Å². The summed E-state index contributed by atoms with van der Waals surface area (Å²) in [4.78, 5) is 37.0. The van der Waals surface area contributed by atoms with E-state index in [4.69, 9.17) is 9.76 Å². The molecule has 0 aromatic carbocycles. The van der Waals surface area contributed by atoms with Crippen LogP contribution in [0.3, 0.4) is 0 Å². The number of amides is 2. The number of aliphatic carboxylic acids is 1. The molecule has 0 radical (unpaired) electrons. The summed E-state index contributed by atoms with van der Waals surface area (Å²) in [6.07, 6.45) is 2.25. The molecule has 3 N–H and O–H groups in total. The van der Waals surface area contributed by atoms with Gasteiger partial charge in [0.15, 0.2) is 9.84 Å². The zero-order chi connectivity index (χ0) is 21.6. The molecule has 5 atom stereocenters. The van der Waals surface area contributed by atoms with Crippen molar-refractivity contribution >= 4 is 34.7 Å². The minimum atomic E-state index is -3.81. The van der Waals surface area contributed by atoms with Gasteiger partial charge in [0.1, 0.15) is 16.7 Å². The number of rotatable bonds is 6. The molecule has 0 bridgehead atoms. The molecule has 0 unspecified atom stereocenters. The Balaban J connectivity index is 1.50. The Morgan fingerprint density at radius 1 is 1.37 bits per heavy atom. The van der Waals surface area contributed by atoms with Crippen molar-refractivity contribution < 1.29 is 37.6 Å². The lowest BCUT2D eigenvalue weighted by Crippen LogP contribution is -2.62. The quantitative estimate of drug-likeness (QED) is 0.307. The Bertz CT molecular complexity index is 956. The van der Waals surface area contributed by atoms with Crippen LogP contribution in [0.25, 0.3) is 0 Å². The minimum Gasteiger partial charge on any atom is -0.481 e.